The molecule has 7 N–H and O–H groups in total. The Kier molecular flexibility index (Phi) is 71.1. The van der Waals surface area contributed by atoms with Gasteiger partial charge in [0, 0.05) is 58.0 Å². The van der Waals surface area contributed by atoms with Crippen LogP contribution >= 0.6 is 15.6 Å². The Morgan fingerprint density at radius 2 is 0.720 bits per heavy atom. The Hall–Kier alpha value is -3.77. The van der Waals surface area contributed by atoms with Crippen LogP contribution in [0.5, 0.6) is 0 Å². The average molecular weight is 1560 g/mol. The van der Waals surface area contributed by atoms with Crippen molar-refractivity contribution in [1.29, 1.82) is 0 Å². The zero-order valence-corrected chi connectivity index (χ0v) is 69.4. The van der Waals surface area contributed by atoms with E-state index in [0.29, 0.717) is 70.6 Å². The number of allylic oxidation sites excluding steroid dienone is 4. The van der Waals surface area contributed by atoms with Gasteiger partial charge in [-0.3, -0.25) is 57.0 Å². The number of rotatable bonds is 81. The molecule has 0 fully saturated rings. The fraction of sp³-hybridized carbons (Fsp3) is 0.864. The summed E-state index contributed by atoms with van der Waals surface area (Å²) in [6.07, 6.45) is 48.2. The van der Waals surface area contributed by atoms with Gasteiger partial charge in [-0.2, -0.15) is 0 Å². The van der Waals surface area contributed by atoms with Gasteiger partial charge in [0.05, 0.1) is 71.4 Å². The highest BCUT2D eigenvalue weighted by atomic mass is 31.2. The van der Waals surface area contributed by atoms with Crippen LogP contribution in [-0.2, 0) is 79.7 Å². The Balaban J connectivity index is 5.54. The van der Waals surface area contributed by atoms with Crippen molar-refractivity contribution in [2.45, 2.75) is 387 Å². The van der Waals surface area contributed by atoms with E-state index in [1.54, 1.807) is 0 Å². The highest BCUT2D eigenvalue weighted by molar-refractivity contribution is 7.47. The van der Waals surface area contributed by atoms with Crippen LogP contribution in [0.3, 0.4) is 0 Å². The SMILES string of the molecule is CCCCCCC=CCCCC(=O)OC(CCCCC)CCOCC(COP(=O)(O)OCCNC(=O)CC(=O)NCCOP(=O)(O)OCC(COCCC(CCCCC)OC(=O)CCCC=CCCCCCC)NC(O)CC(=O)CCCCCCCCCCC)NC(=O)CC(=O)CCCCCCCCCCC. The summed E-state index contributed by atoms with van der Waals surface area (Å²) >= 11 is 0. The molecule has 3 amide bonds. The summed E-state index contributed by atoms with van der Waals surface area (Å²) in [6, 6.07) is -1.90. The predicted octanol–water partition coefficient (Wildman–Crippen LogP) is 17.6. The van der Waals surface area contributed by atoms with E-state index in [2.05, 4.69) is 87.1 Å². The van der Waals surface area contributed by atoms with Crippen molar-refractivity contribution in [2.75, 3.05) is 65.9 Å². The molecule has 0 bridgehead atoms. The molecule has 0 aromatic carbocycles. The number of phosphoric ester groups is 2. The van der Waals surface area contributed by atoms with E-state index in [9.17, 15) is 57.6 Å². The van der Waals surface area contributed by atoms with Crippen LogP contribution in [0.1, 0.15) is 356 Å². The molecule has 0 rings (SSSR count). The first-order valence-corrected chi connectivity index (χ1v) is 45.1. The van der Waals surface area contributed by atoms with Gasteiger partial charge in [-0.15, -0.1) is 0 Å². The molecule has 0 saturated carbocycles. The fourth-order valence-electron chi connectivity index (χ4n) is 11.9. The Morgan fingerprint density at radius 3 is 1.14 bits per heavy atom. The lowest BCUT2D eigenvalue weighted by atomic mass is 10.0. The molecule has 0 aromatic rings. The summed E-state index contributed by atoms with van der Waals surface area (Å²) in [4.78, 5) is 112. The van der Waals surface area contributed by atoms with Crippen LogP contribution in [0.15, 0.2) is 24.3 Å². The van der Waals surface area contributed by atoms with Crippen LogP contribution < -0.4 is 21.3 Å². The highest BCUT2D eigenvalue weighted by Crippen LogP contribution is 2.44. The molecule has 0 heterocycles. The Labute approximate surface area is 646 Å². The third-order valence-electron chi connectivity index (χ3n) is 18.2. The number of hydrogen-bond acceptors (Lipinski definition) is 19. The second-order valence-electron chi connectivity index (χ2n) is 28.7. The first-order valence-electron chi connectivity index (χ1n) is 42.1. The predicted molar refractivity (Wildman–Crippen MR) is 424 cm³/mol. The lowest BCUT2D eigenvalue weighted by Crippen LogP contribution is -2.45. The minimum Gasteiger partial charge on any atom is -0.462 e. The maximum absolute atomic E-state index is 13.2. The topological polar surface area (TPSA) is 336 Å². The maximum atomic E-state index is 13.2. The number of carbonyl (C=O) groups is 7. The van der Waals surface area contributed by atoms with Crippen LogP contribution in [-0.4, -0.2) is 153 Å². The third-order valence-corrected chi connectivity index (χ3v) is 20.2. The Bertz CT molecular complexity index is 2370. The zero-order chi connectivity index (χ0) is 79.0. The summed E-state index contributed by atoms with van der Waals surface area (Å²) < 4.78 is 70.7. The smallest absolute Gasteiger partial charge is 0.462 e. The second kappa shape index (κ2) is 73.7. The maximum Gasteiger partial charge on any atom is 0.472 e. The number of unbranched alkanes of at least 4 members (excludes halogenated alkanes) is 30. The van der Waals surface area contributed by atoms with Gasteiger partial charge in [0.15, 0.2) is 0 Å². The number of amides is 3. The number of Topliss-reactive ketones (excluding diaryl/α,β-unsaturated/α-hetero) is 2. The molecule has 0 aliphatic rings. The summed E-state index contributed by atoms with van der Waals surface area (Å²) in [6.45, 7) is 10.2. The van der Waals surface area contributed by atoms with E-state index < -0.39 is 97.1 Å². The zero-order valence-electron chi connectivity index (χ0n) is 67.6. The number of carbonyl (C=O) groups excluding carboxylic acids is 7. The quantitative estimate of drug-likeness (QED) is 0.00743. The molecule has 107 heavy (non-hydrogen) atoms. The number of ketones is 2. The molecule has 0 aliphatic carbocycles. The number of hydrogen-bond donors (Lipinski definition) is 7. The van der Waals surface area contributed by atoms with E-state index in [-0.39, 0.29) is 82.0 Å². The minimum absolute atomic E-state index is 0.120. The number of ether oxygens (including phenoxy) is 4. The molecule has 0 aromatic heterocycles. The van der Waals surface area contributed by atoms with E-state index >= 15 is 0 Å². The summed E-state index contributed by atoms with van der Waals surface area (Å²) in [5.41, 5.74) is 0. The van der Waals surface area contributed by atoms with E-state index in [1.165, 1.54) is 96.3 Å². The molecule has 7 unspecified atom stereocenters. The lowest BCUT2D eigenvalue weighted by molar-refractivity contribution is -0.151. The fourth-order valence-corrected chi connectivity index (χ4v) is 13.4. The monoisotopic (exact) mass is 1560 g/mol. The number of aliphatic hydroxyl groups excluding tert-OH is 1. The molecule has 0 radical (unpaired) electrons. The molecule has 0 spiro atoms. The van der Waals surface area contributed by atoms with Gasteiger partial charge in [-0.05, 0) is 89.9 Å². The number of nitrogens with one attached hydrogen (secondary N) is 4. The van der Waals surface area contributed by atoms with Crippen molar-refractivity contribution in [1.82, 2.24) is 21.3 Å². The van der Waals surface area contributed by atoms with E-state index in [0.717, 1.165) is 122 Å². The summed E-state index contributed by atoms with van der Waals surface area (Å²) in [5, 5.41) is 21.4. The van der Waals surface area contributed by atoms with Crippen molar-refractivity contribution < 1.29 is 94.6 Å². The third kappa shape index (κ3) is 71.0. The summed E-state index contributed by atoms with van der Waals surface area (Å²) in [5.74, 6) is -3.10. The first kappa shape index (κ1) is 103. The van der Waals surface area contributed by atoms with Crippen LogP contribution in [0.25, 0.3) is 0 Å². The molecular formula is C81H152N4O20P2. The molecule has 7 atom stereocenters. The van der Waals surface area contributed by atoms with Crippen molar-refractivity contribution in [2.24, 2.45) is 0 Å². The van der Waals surface area contributed by atoms with Crippen molar-refractivity contribution >= 4 is 56.9 Å². The Morgan fingerprint density at radius 1 is 0.364 bits per heavy atom. The molecular weight excluding hydrogens is 1410 g/mol. The van der Waals surface area contributed by atoms with Crippen LogP contribution in [0.2, 0.25) is 0 Å². The molecule has 26 heteroatoms. The van der Waals surface area contributed by atoms with Gasteiger partial charge in [-0.1, -0.05) is 233 Å². The molecule has 0 saturated heterocycles. The summed E-state index contributed by atoms with van der Waals surface area (Å²) in [7, 11) is -9.61. The van der Waals surface area contributed by atoms with Gasteiger partial charge < -0.3 is 49.8 Å². The molecule has 0 aliphatic heterocycles. The molecule has 626 valence electrons. The van der Waals surface area contributed by atoms with Gasteiger partial charge in [-0.25, -0.2) is 9.13 Å². The number of aliphatic hydroxyl groups is 1. The lowest BCUT2D eigenvalue weighted by Gasteiger charge is -2.24. The van der Waals surface area contributed by atoms with Gasteiger partial charge >= 0.3 is 27.6 Å². The van der Waals surface area contributed by atoms with E-state index in [4.69, 9.17) is 37.0 Å². The molecule has 24 nitrogen and oxygen atoms in total. The van der Waals surface area contributed by atoms with Crippen molar-refractivity contribution in [3.8, 4) is 0 Å². The van der Waals surface area contributed by atoms with Crippen LogP contribution in [0, 0.1) is 0 Å². The normalized spacial score (nSPS) is 14.3. The highest BCUT2D eigenvalue weighted by Gasteiger charge is 2.28. The van der Waals surface area contributed by atoms with E-state index in [1.807, 2.05) is 0 Å². The minimum atomic E-state index is -4.82. The standard InChI is InChI=1S/C81H152N4O20P2/c1-7-13-19-23-27-31-35-39-45-49-72(86)63-78(90)84-70(66-98-59-55-74(51-43-17-11-5)104-80(92)53-47-41-37-33-29-25-21-15-9-3)68-102-106(94,95)100-61-57-82-76(88)65-77(89)83-58-62-101-107(96,97)103-69-71(85-79(91)64-73(87)50-46-40-36-32-28-24-20-14-8-2)67-99-60-56-75(52-44-18-12-6)105-81(93)54-48-42-38-34-30-26-22-16-10-4/h33-34,37-38,70-71,74-75,78,84,90H,7-32,35-36,39-69H2,1-6H3,(H,82,88)(H,83,89)(H,85,91)(H,94,95)(H,96,97). The van der Waals surface area contributed by atoms with Gasteiger partial charge in [0.25, 0.3) is 0 Å². The number of phosphoric acid groups is 2. The average Bonchev–Trinajstić information content (AvgIpc) is 0.919. The number of esters is 2. The van der Waals surface area contributed by atoms with Gasteiger partial charge in [0.2, 0.25) is 17.7 Å². The van der Waals surface area contributed by atoms with Crippen molar-refractivity contribution in [3.05, 3.63) is 24.3 Å². The van der Waals surface area contributed by atoms with Crippen molar-refractivity contribution in [3.63, 3.8) is 0 Å². The largest absolute Gasteiger partial charge is 0.472 e. The second-order valence-corrected chi connectivity index (χ2v) is 31.6. The van der Waals surface area contributed by atoms with Gasteiger partial charge in [0.1, 0.15) is 36.4 Å². The first-order chi connectivity index (χ1) is 51.7. The van der Waals surface area contributed by atoms with Crippen LogP contribution in [0.4, 0.5) is 0 Å².